The Morgan fingerprint density at radius 1 is 1.09 bits per heavy atom. The van der Waals surface area contributed by atoms with Gasteiger partial charge in [0.25, 0.3) is 0 Å². The van der Waals surface area contributed by atoms with Crippen molar-refractivity contribution in [3.63, 3.8) is 0 Å². The number of likely N-dealkylation sites (N-methyl/N-ethyl adjacent to an activating group) is 1. The smallest absolute Gasteiger partial charge is 0.238 e. The van der Waals surface area contributed by atoms with E-state index in [4.69, 9.17) is 4.74 Å². The third kappa shape index (κ3) is 5.58. The molecule has 116 valence electrons. The van der Waals surface area contributed by atoms with Crippen molar-refractivity contribution < 1.29 is 9.53 Å². The van der Waals surface area contributed by atoms with Gasteiger partial charge in [0, 0.05) is 11.8 Å². The highest BCUT2D eigenvalue weighted by Crippen LogP contribution is 2.17. The van der Waals surface area contributed by atoms with Gasteiger partial charge in [-0.2, -0.15) is 0 Å². The SMILES string of the molecule is CNCC(=O)Nc1cccc(OCCCc2ccccc2)c1. The number of aryl methyl sites for hydroxylation is 1. The molecule has 0 saturated heterocycles. The molecule has 0 saturated carbocycles. The van der Waals surface area contributed by atoms with E-state index in [1.807, 2.05) is 42.5 Å². The van der Waals surface area contributed by atoms with Crippen LogP contribution >= 0.6 is 0 Å². The molecule has 0 aliphatic carbocycles. The molecule has 0 atom stereocenters. The number of ether oxygens (including phenoxy) is 1. The second-order valence-corrected chi connectivity index (χ2v) is 5.04. The summed E-state index contributed by atoms with van der Waals surface area (Å²) in [5.74, 6) is 0.707. The van der Waals surface area contributed by atoms with Crippen molar-refractivity contribution in [2.24, 2.45) is 0 Å². The number of amides is 1. The Balaban J connectivity index is 1.77. The van der Waals surface area contributed by atoms with Crippen molar-refractivity contribution in [3.05, 3.63) is 60.2 Å². The van der Waals surface area contributed by atoms with Crippen LogP contribution in [0.2, 0.25) is 0 Å². The minimum Gasteiger partial charge on any atom is -0.494 e. The summed E-state index contributed by atoms with van der Waals surface area (Å²) in [6, 6.07) is 17.8. The van der Waals surface area contributed by atoms with Crippen molar-refractivity contribution in [3.8, 4) is 5.75 Å². The van der Waals surface area contributed by atoms with Gasteiger partial charge in [-0.1, -0.05) is 36.4 Å². The average Bonchev–Trinajstić information content (AvgIpc) is 2.53. The molecule has 0 heterocycles. The Morgan fingerprint density at radius 2 is 1.91 bits per heavy atom. The summed E-state index contributed by atoms with van der Waals surface area (Å²) in [6.07, 6.45) is 1.96. The second kappa shape index (κ2) is 8.85. The van der Waals surface area contributed by atoms with Crippen LogP contribution in [-0.4, -0.2) is 26.1 Å². The molecule has 2 N–H and O–H groups in total. The van der Waals surface area contributed by atoms with Crippen molar-refractivity contribution in [1.29, 1.82) is 0 Å². The third-order valence-corrected chi connectivity index (χ3v) is 3.18. The van der Waals surface area contributed by atoms with E-state index in [2.05, 4.69) is 22.8 Å². The van der Waals surface area contributed by atoms with Gasteiger partial charge in [-0.15, -0.1) is 0 Å². The lowest BCUT2D eigenvalue weighted by Crippen LogP contribution is -2.25. The molecule has 2 aromatic rings. The zero-order valence-electron chi connectivity index (χ0n) is 12.8. The van der Waals surface area contributed by atoms with E-state index in [1.165, 1.54) is 5.56 Å². The van der Waals surface area contributed by atoms with Crippen LogP contribution in [0.4, 0.5) is 5.69 Å². The summed E-state index contributed by atoms with van der Waals surface area (Å²) in [5.41, 5.74) is 2.07. The quantitative estimate of drug-likeness (QED) is 0.737. The average molecular weight is 298 g/mol. The molecule has 0 aliphatic heterocycles. The molecule has 0 fully saturated rings. The molecule has 4 nitrogen and oxygen atoms in total. The van der Waals surface area contributed by atoms with Gasteiger partial charge in [-0.25, -0.2) is 0 Å². The van der Waals surface area contributed by atoms with Gasteiger partial charge < -0.3 is 15.4 Å². The Kier molecular flexibility index (Phi) is 6.45. The molecule has 0 aromatic heterocycles. The first-order chi connectivity index (χ1) is 10.8. The number of carbonyl (C=O) groups is 1. The minimum absolute atomic E-state index is 0.0660. The molecule has 1 amide bonds. The highest BCUT2D eigenvalue weighted by atomic mass is 16.5. The summed E-state index contributed by atoms with van der Waals surface area (Å²) >= 11 is 0. The van der Waals surface area contributed by atoms with Gasteiger partial charge in [-0.05, 0) is 37.6 Å². The van der Waals surface area contributed by atoms with Gasteiger partial charge in [0.2, 0.25) is 5.91 Å². The molecule has 0 spiro atoms. The molecule has 0 bridgehead atoms. The standard InChI is InChI=1S/C18H22N2O2/c1-19-14-18(21)20-16-10-5-11-17(13-16)22-12-6-9-15-7-3-2-4-8-15/h2-5,7-8,10-11,13,19H,6,9,12,14H2,1H3,(H,20,21). The number of hydrogen-bond donors (Lipinski definition) is 2. The highest BCUT2D eigenvalue weighted by Gasteiger charge is 2.02. The van der Waals surface area contributed by atoms with Crippen molar-refractivity contribution in [2.45, 2.75) is 12.8 Å². The van der Waals surface area contributed by atoms with Crippen LogP contribution in [0, 0.1) is 0 Å². The highest BCUT2D eigenvalue weighted by molar-refractivity contribution is 5.92. The Morgan fingerprint density at radius 3 is 2.68 bits per heavy atom. The summed E-state index contributed by atoms with van der Waals surface area (Å²) in [7, 11) is 1.74. The van der Waals surface area contributed by atoms with Crippen LogP contribution in [0.15, 0.2) is 54.6 Å². The number of nitrogens with one attached hydrogen (secondary N) is 2. The predicted octanol–water partition coefficient (Wildman–Crippen LogP) is 2.86. The lowest BCUT2D eigenvalue weighted by molar-refractivity contribution is -0.115. The number of benzene rings is 2. The predicted molar refractivity (Wildman–Crippen MR) is 89.3 cm³/mol. The molecule has 4 heteroatoms. The fraction of sp³-hybridized carbons (Fsp3) is 0.278. The first kappa shape index (κ1) is 16.0. The second-order valence-electron chi connectivity index (χ2n) is 5.04. The first-order valence-electron chi connectivity index (χ1n) is 7.49. The lowest BCUT2D eigenvalue weighted by Gasteiger charge is -2.09. The molecular weight excluding hydrogens is 276 g/mol. The van der Waals surface area contributed by atoms with Crippen LogP contribution in [0.1, 0.15) is 12.0 Å². The zero-order chi connectivity index (χ0) is 15.6. The minimum atomic E-state index is -0.0660. The van der Waals surface area contributed by atoms with Crippen molar-refractivity contribution >= 4 is 11.6 Å². The molecule has 0 unspecified atom stereocenters. The third-order valence-electron chi connectivity index (χ3n) is 3.18. The van der Waals surface area contributed by atoms with E-state index < -0.39 is 0 Å². The molecule has 0 aliphatic rings. The molecule has 0 radical (unpaired) electrons. The number of anilines is 1. The van der Waals surface area contributed by atoms with Crippen LogP contribution in [-0.2, 0) is 11.2 Å². The maximum Gasteiger partial charge on any atom is 0.238 e. The lowest BCUT2D eigenvalue weighted by atomic mass is 10.1. The van der Waals surface area contributed by atoms with Crippen LogP contribution in [0.3, 0.4) is 0 Å². The van der Waals surface area contributed by atoms with Gasteiger partial charge in [0.1, 0.15) is 5.75 Å². The van der Waals surface area contributed by atoms with Crippen LogP contribution in [0.5, 0.6) is 5.75 Å². The molecule has 2 rings (SSSR count). The van der Waals surface area contributed by atoms with E-state index in [0.29, 0.717) is 13.2 Å². The molecule has 22 heavy (non-hydrogen) atoms. The Hall–Kier alpha value is -2.33. The van der Waals surface area contributed by atoms with Crippen LogP contribution < -0.4 is 15.4 Å². The van der Waals surface area contributed by atoms with Gasteiger partial charge in [0.05, 0.1) is 13.2 Å². The van der Waals surface area contributed by atoms with E-state index in [9.17, 15) is 4.79 Å². The van der Waals surface area contributed by atoms with Gasteiger partial charge >= 0.3 is 0 Å². The largest absolute Gasteiger partial charge is 0.494 e. The summed E-state index contributed by atoms with van der Waals surface area (Å²) in [5, 5.41) is 5.63. The molecule has 2 aromatic carbocycles. The van der Waals surface area contributed by atoms with E-state index >= 15 is 0 Å². The van der Waals surface area contributed by atoms with Crippen molar-refractivity contribution in [2.75, 3.05) is 25.5 Å². The maximum absolute atomic E-state index is 11.5. The van der Waals surface area contributed by atoms with Gasteiger partial charge in [-0.3, -0.25) is 4.79 Å². The summed E-state index contributed by atoms with van der Waals surface area (Å²) < 4.78 is 5.74. The van der Waals surface area contributed by atoms with Crippen LogP contribution in [0.25, 0.3) is 0 Å². The normalized spacial score (nSPS) is 10.2. The monoisotopic (exact) mass is 298 g/mol. The number of carbonyl (C=O) groups excluding carboxylic acids is 1. The van der Waals surface area contributed by atoms with Crippen molar-refractivity contribution in [1.82, 2.24) is 5.32 Å². The Bertz CT molecular complexity index is 585. The van der Waals surface area contributed by atoms with E-state index in [0.717, 1.165) is 24.3 Å². The Labute approximate surface area is 131 Å². The van der Waals surface area contributed by atoms with E-state index in [1.54, 1.807) is 7.05 Å². The fourth-order valence-electron chi connectivity index (χ4n) is 2.14. The summed E-state index contributed by atoms with van der Waals surface area (Å²) in [4.78, 5) is 11.5. The maximum atomic E-state index is 11.5. The van der Waals surface area contributed by atoms with E-state index in [-0.39, 0.29) is 5.91 Å². The fourth-order valence-corrected chi connectivity index (χ4v) is 2.14. The topological polar surface area (TPSA) is 50.4 Å². The number of hydrogen-bond acceptors (Lipinski definition) is 3. The zero-order valence-corrected chi connectivity index (χ0v) is 12.8. The number of rotatable bonds is 8. The molecular formula is C18H22N2O2. The first-order valence-corrected chi connectivity index (χ1v) is 7.49. The summed E-state index contributed by atoms with van der Waals surface area (Å²) in [6.45, 7) is 0.949. The van der Waals surface area contributed by atoms with Gasteiger partial charge in [0.15, 0.2) is 0 Å².